The molecular weight excluding hydrogens is 382 g/mol. The van der Waals surface area contributed by atoms with E-state index in [1.54, 1.807) is 4.57 Å². The first kappa shape index (κ1) is 21.9. The van der Waals surface area contributed by atoms with Gasteiger partial charge >= 0.3 is 0 Å². The number of nitrogens with zero attached hydrogens (tertiary/aromatic N) is 2. The molecule has 1 saturated heterocycles. The summed E-state index contributed by atoms with van der Waals surface area (Å²) in [5.41, 5.74) is 7.09. The summed E-state index contributed by atoms with van der Waals surface area (Å²) in [6.45, 7) is 14.7. The number of aromatic amines is 1. The van der Waals surface area contributed by atoms with Crippen LogP contribution in [0.15, 0.2) is 35.3 Å². The molecule has 0 atom stereocenters. The number of H-pyrrole nitrogens is 1. The maximum Gasteiger partial charge on any atom is 0.253 e. The Morgan fingerprint density at radius 2 is 1.81 bits per heavy atom. The third kappa shape index (κ3) is 4.36. The number of hydrogen-bond donors (Lipinski definition) is 1. The minimum Gasteiger partial charge on any atom is -0.354 e. The van der Waals surface area contributed by atoms with Crippen LogP contribution < -0.4 is 5.56 Å². The van der Waals surface area contributed by atoms with E-state index in [4.69, 9.17) is 0 Å². The molecule has 1 aliphatic heterocycles. The molecule has 0 bridgehead atoms. The van der Waals surface area contributed by atoms with Crippen LogP contribution >= 0.6 is 0 Å². The zero-order chi connectivity index (χ0) is 22.3. The number of likely N-dealkylation sites (tertiary alicyclic amines) is 1. The van der Waals surface area contributed by atoms with E-state index in [1.165, 1.54) is 54.5 Å². The van der Waals surface area contributed by atoms with Gasteiger partial charge in [-0.05, 0) is 79.9 Å². The Kier molecular flexibility index (Phi) is 6.11. The van der Waals surface area contributed by atoms with Crippen LogP contribution in [-0.4, -0.2) is 34.1 Å². The van der Waals surface area contributed by atoms with Gasteiger partial charge in [0.25, 0.3) is 5.56 Å². The van der Waals surface area contributed by atoms with Crippen LogP contribution in [0.2, 0.25) is 0 Å². The quantitative estimate of drug-likeness (QED) is 0.568. The van der Waals surface area contributed by atoms with Gasteiger partial charge in [0.2, 0.25) is 0 Å². The molecule has 1 fully saturated rings. The van der Waals surface area contributed by atoms with Crippen LogP contribution in [0.1, 0.15) is 69.1 Å². The normalized spacial score (nSPS) is 16.1. The molecule has 0 spiro atoms. The molecule has 0 amide bonds. The predicted molar refractivity (Wildman–Crippen MR) is 131 cm³/mol. The number of fused-ring (bicyclic) bond motifs is 1. The van der Waals surface area contributed by atoms with Gasteiger partial charge in [-0.2, -0.15) is 0 Å². The Bertz CT molecular complexity index is 1100. The van der Waals surface area contributed by atoms with Crippen molar-refractivity contribution in [2.75, 3.05) is 19.6 Å². The maximum atomic E-state index is 12.2. The zero-order valence-electron chi connectivity index (χ0n) is 20.0. The van der Waals surface area contributed by atoms with Crippen molar-refractivity contribution in [1.82, 2.24) is 14.5 Å². The SMILES string of the molecule is Cc1cc(-c2[nH]c3ccc(C4CCN(CC(C)C)CC4)cc3c2C(C)C)cn(C)c1=O. The van der Waals surface area contributed by atoms with Gasteiger partial charge in [-0.25, -0.2) is 0 Å². The number of rotatable bonds is 5. The van der Waals surface area contributed by atoms with Crippen molar-refractivity contribution < 1.29 is 0 Å². The standard InChI is InChI=1S/C27H37N3O/c1-17(2)15-30-11-9-20(10-12-30)21-7-8-24-23(14-21)25(18(3)4)26(28-24)22-13-19(5)27(31)29(6)16-22/h7-8,13-14,16-18,20,28H,9-12,15H2,1-6H3. The van der Waals surface area contributed by atoms with E-state index in [9.17, 15) is 4.79 Å². The molecule has 0 aliphatic carbocycles. The van der Waals surface area contributed by atoms with Crippen molar-refractivity contribution in [3.05, 3.63) is 57.5 Å². The molecule has 166 valence electrons. The van der Waals surface area contributed by atoms with E-state index in [1.807, 2.05) is 26.2 Å². The second-order valence-electron chi connectivity index (χ2n) is 10.2. The van der Waals surface area contributed by atoms with Crippen molar-refractivity contribution in [3.63, 3.8) is 0 Å². The summed E-state index contributed by atoms with van der Waals surface area (Å²) in [5, 5.41) is 1.33. The van der Waals surface area contributed by atoms with Crippen LogP contribution in [0, 0.1) is 12.8 Å². The lowest BCUT2D eigenvalue weighted by molar-refractivity contribution is 0.192. The highest BCUT2D eigenvalue weighted by molar-refractivity contribution is 5.92. The van der Waals surface area contributed by atoms with Crippen molar-refractivity contribution in [1.29, 1.82) is 0 Å². The summed E-state index contributed by atoms with van der Waals surface area (Å²) in [7, 11) is 1.83. The lowest BCUT2D eigenvalue weighted by Gasteiger charge is -2.33. The maximum absolute atomic E-state index is 12.2. The number of nitrogens with one attached hydrogen (secondary N) is 1. The van der Waals surface area contributed by atoms with Gasteiger partial charge in [0.15, 0.2) is 0 Å². The number of pyridine rings is 1. The Balaban J connectivity index is 1.71. The number of benzene rings is 1. The summed E-state index contributed by atoms with van der Waals surface area (Å²) < 4.78 is 1.69. The second kappa shape index (κ2) is 8.66. The molecule has 0 unspecified atom stereocenters. The lowest BCUT2D eigenvalue weighted by Crippen LogP contribution is -2.35. The first-order chi connectivity index (χ1) is 14.7. The molecule has 4 heteroatoms. The molecule has 2 aromatic heterocycles. The minimum absolute atomic E-state index is 0.0667. The molecule has 31 heavy (non-hydrogen) atoms. The van der Waals surface area contributed by atoms with Crippen LogP contribution in [0.5, 0.6) is 0 Å². The van der Waals surface area contributed by atoms with Crippen LogP contribution in [0.25, 0.3) is 22.2 Å². The molecule has 1 N–H and O–H groups in total. The van der Waals surface area contributed by atoms with Crippen LogP contribution in [0.3, 0.4) is 0 Å². The Morgan fingerprint density at radius 3 is 2.42 bits per heavy atom. The highest BCUT2D eigenvalue weighted by Crippen LogP contribution is 2.38. The van der Waals surface area contributed by atoms with Gasteiger partial charge < -0.3 is 14.5 Å². The molecule has 1 aliphatic rings. The first-order valence-electron chi connectivity index (χ1n) is 11.8. The molecule has 4 nitrogen and oxygen atoms in total. The molecule has 3 aromatic rings. The molecule has 0 radical (unpaired) electrons. The molecular formula is C27H37N3O. The fraction of sp³-hybridized carbons (Fsp3) is 0.519. The summed E-state index contributed by atoms with van der Waals surface area (Å²) in [6.07, 6.45) is 4.44. The van der Waals surface area contributed by atoms with E-state index >= 15 is 0 Å². The van der Waals surface area contributed by atoms with Crippen LogP contribution in [-0.2, 0) is 7.05 Å². The summed E-state index contributed by atoms with van der Waals surface area (Å²) in [4.78, 5) is 18.5. The fourth-order valence-corrected chi connectivity index (χ4v) is 5.29. The largest absolute Gasteiger partial charge is 0.354 e. The zero-order valence-corrected chi connectivity index (χ0v) is 20.0. The number of aromatic nitrogens is 2. The molecule has 1 aromatic carbocycles. The molecule has 0 saturated carbocycles. The average molecular weight is 420 g/mol. The molecule has 4 rings (SSSR count). The van der Waals surface area contributed by atoms with Crippen molar-refractivity contribution in [2.45, 2.75) is 59.3 Å². The van der Waals surface area contributed by atoms with Crippen molar-refractivity contribution in [3.8, 4) is 11.3 Å². The van der Waals surface area contributed by atoms with Gasteiger partial charge in [0.05, 0.1) is 5.69 Å². The van der Waals surface area contributed by atoms with E-state index in [-0.39, 0.29) is 5.56 Å². The van der Waals surface area contributed by atoms with Crippen molar-refractivity contribution >= 4 is 10.9 Å². The Labute approximate surface area is 186 Å². The third-order valence-electron chi connectivity index (χ3n) is 6.77. The minimum atomic E-state index is 0.0667. The van der Waals surface area contributed by atoms with E-state index in [2.05, 4.69) is 55.8 Å². The van der Waals surface area contributed by atoms with Gasteiger partial charge in [0.1, 0.15) is 0 Å². The molecule has 3 heterocycles. The second-order valence-corrected chi connectivity index (χ2v) is 10.2. The summed E-state index contributed by atoms with van der Waals surface area (Å²) in [6, 6.07) is 9.03. The van der Waals surface area contributed by atoms with Gasteiger partial charge in [0, 0.05) is 41.8 Å². The number of hydrogen-bond acceptors (Lipinski definition) is 2. The Morgan fingerprint density at radius 1 is 1.10 bits per heavy atom. The number of piperidine rings is 1. The van der Waals surface area contributed by atoms with Gasteiger partial charge in [-0.3, -0.25) is 4.79 Å². The summed E-state index contributed by atoms with van der Waals surface area (Å²) >= 11 is 0. The van der Waals surface area contributed by atoms with Crippen molar-refractivity contribution in [2.24, 2.45) is 13.0 Å². The van der Waals surface area contributed by atoms with E-state index in [0.717, 1.165) is 22.7 Å². The lowest BCUT2D eigenvalue weighted by atomic mass is 9.87. The topological polar surface area (TPSA) is 41.0 Å². The van der Waals surface area contributed by atoms with E-state index in [0.29, 0.717) is 11.8 Å². The van der Waals surface area contributed by atoms with Gasteiger partial charge in [-0.1, -0.05) is 33.8 Å². The average Bonchev–Trinajstić information content (AvgIpc) is 3.11. The predicted octanol–water partition coefficient (Wildman–Crippen LogP) is 5.80. The highest BCUT2D eigenvalue weighted by atomic mass is 16.1. The highest BCUT2D eigenvalue weighted by Gasteiger charge is 2.23. The number of aryl methyl sites for hydroxylation is 2. The summed E-state index contributed by atoms with van der Waals surface area (Å²) in [5.74, 6) is 1.77. The van der Waals surface area contributed by atoms with Crippen LogP contribution in [0.4, 0.5) is 0 Å². The van der Waals surface area contributed by atoms with E-state index < -0.39 is 0 Å². The first-order valence-corrected chi connectivity index (χ1v) is 11.8. The third-order valence-corrected chi connectivity index (χ3v) is 6.77. The monoisotopic (exact) mass is 419 g/mol. The Hall–Kier alpha value is -2.33. The fourth-order valence-electron chi connectivity index (χ4n) is 5.29. The van der Waals surface area contributed by atoms with Gasteiger partial charge in [-0.15, -0.1) is 0 Å². The smallest absolute Gasteiger partial charge is 0.253 e.